The van der Waals surface area contributed by atoms with Crippen molar-refractivity contribution >= 4 is 11.9 Å². The summed E-state index contributed by atoms with van der Waals surface area (Å²) in [4.78, 5) is 16.4. The van der Waals surface area contributed by atoms with Gasteiger partial charge in [0.25, 0.3) is 5.91 Å². The highest BCUT2D eigenvalue weighted by molar-refractivity contribution is 6.02. The molecule has 5 heteroatoms. The molecule has 0 bridgehead atoms. The van der Waals surface area contributed by atoms with Gasteiger partial charge in [0, 0.05) is 32.2 Å². The van der Waals surface area contributed by atoms with Crippen molar-refractivity contribution in [3.63, 3.8) is 0 Å². The molecule has 1 aromatic carbocycles. The Hall–Kier alpha value is -2.82. The Labute approximate surface area is 122 Å². The molecule has 0 radical (unpaired) electrons. The van der Waals surface area contributed by atoms with Gasteiger partial charge in [0.05, 0.1) is 0 Å². The number of aryl methyl sites for hydroxylation is 1. The number of rotatable bonds is 3. The maximum atomic E-state index is 12.3. The first-order chi connectivity index (χ1) is 10.2. The summed E-state index contributed by atoms with van der Waals surface area (Å²) in [5.41, 5.74) is 2.67. The number of anilines is 1. The van der Waals surface area contributed by atoms with Crippen LogP contribution < -0.4 is 5.32 Å². The monoisotopic (exact) mass is 280 g/mol. The minimum absolute atomic E-state index is 0.172. The van der Waals surface area contributed by atoms with Crippen molar-refractivity contribution in [2.24, 2.45) is 14.1 Å². The van der Waals surface area contributed by atoms with Crippen LogP contribution in [-0.4, -0.2) is 20.0 Å². The van der Waals surface area contributed by atoms with E-state index in [1.807, 2.05) is 61.1 Å². The lowest BCUT2D eigenvalue weighted by atomic mass is 10.2. The molecule has 5 nitrogen and oxygen atoms in total. The molecule has 0 aliphatic heterocycles. The first kappa shape index (κ1) is 13.2. The molecule has 0 aliphatic rings. The molecule has 0 saturated heterocycles. The Morgan fingerprint density at radius 2 is 1.86 bits per heavy atom. The minimum atomic E-state index is -0.172. The molecule has 1 amide bonds. The van der Waals surface area contributed by atoms with Crippen molar-refractivity contribution in [1.82, 2.24) is 14.1 Å². The number of nitrogens with one attached hydrogen (secondary N) is 1. The SMILES string of the molecule is Cn1ccnc1NC(=O)c1ccc(-c2ccccc2)n1C. The first-order valence-electron chi connectivity index (χ1n) is 6.66. The zero-order valence-corrected chi connectivity index (χ0v) is 11.9. The summed E-state index contributed by atoms with van der Waals surface area (Å²) in [5, 5.41) is 2.80. The fourth-order valence-electron chi connectivity index (χ4n) is 2.29. The van der Waals surface area contributed by atoms with E-state index in [9.17, 15) is 4.79 Å². The van der Waals surface area contributed by atoms with Crippen LogP contribution in [0.4, 0.5) is 5.95 Å². The Bertz CT molecular complexity index is 771. The number of amides is 1. The Balaban J connectivity index is 1.89. The summed E-state index contributed by atoms with van der Waals surface area (Å²) in [6.45, 7) is 0. The van der Waals surface area contributed by atoms with Gasteiger partial charge in [-0.1, -0.05) is 30.3 Å². The van der Waals surface area contributed by atoms with E-state index >= 15 is 0 Å². The smallest absolute Gasteiger partial charge is 0.274 e. The summed E-state index contributed by atoms with van der Waals surface area (Å²) >= 11 is 0. The van der Waals surface area contributed by atoms with Crippen molar-refractivity contribution in [1.29, 1.82) is 0 Å². The molecule has 2 aromatic heterocycles. The van der Waals surface area contributed by atoms with Crippen LogP contribution in [0.1, 0.15) is 10.5 Å². The van der Waals surface area contributed by atoms with Crippen molar-refractivity contribution < 1.29 is 4.79 Å². The van der Waals surface area contributed by atoms with E-state index in [4.69, 9.17) is 0 Å². The molecule has 21 heavy (non-hydrogen) atoms. The molecule has 0 aliphatic carbocycles. The van der Waals surface area contributed by atoms with Crippen molar-refractivity contribution in [2.75, 3.05) is 5.32 Å². The predicted octanol–water partition coefficient (Wildman–Crippen LogP) is 2.68. The highest BCUT2D eigenvalue weighted by Gasteiger charge is 2.14. The molecule has 3 aromatic rings. The first-order valence-corrected chi connectivity index (χ1v) is 6.66. The average Bonchev–Trinajstić information content (AvgIpc) is 3.06. The van der Waals surface area contributed by atoms with Gasteiger partial charge in [0.1, 0.15) is 5.69 Å². The minimum Gasteiger partial charge on any atom is -0.340 e. The third kappa shape index (κ3) is 2.45. The van der Waals surface area contributed by atoms with E-state index in [-0.39, 0.29) is 5.91 Å². The number of benzene rings is 1. The number of carbonyl (C=O) groups excluding carboxylic acids is 1. The molecule has 0 fully saturated rings. The number of hydrogen-bond acceptors (Lipinski definition) is 2. The number of aromatic nitrogens is 3. The number of imidazole rings is 1. The second kappa shape index (κ2) is 5.28. The van der Waals surface area contributed by atoms with E-state index in [0.29, 0.717) is 11.6 Å². The van der Waals surface area contributed by atoms with Crippen LogP contribution in [-0.2, 0) is 14.1 Å². The standard InChI is InChI=1S/C16H16N4O/c1-19-11-10-17-16(19)18-15(21)14-9-8-13(20(14)2)12-6-4-3-5-7-12/h3-11H,1-2H3,(H,17,18,21). The highest BCUT2D eigenvalue weighted by atomic mass is 16.2. The lowest BCUT2D eigenvalue weighted by molar-refractivity contribution is 0.101. The molecule has 1 N–H and O–H groups in total. The zero-order valence-electron chi connectivity index (χ0n) is 11.9. The third-order valence-electron chi connectivity index (χ3n) is 3.47. The second-order valence-electron chi connectivity index (χ2n) is 4.84. The van der Waals surface area contributed by atoms with Crippen LogP contribution in [0, 0.1) is 0 Å². The van der Waals surface area contributed by atoms with Gasteiger partial charge in [-0.2, -0.15) is 0 Å². The third-order valence-corrected chi connectivity index (χ3v) is 3.47. The van der Waals surface area contributed by atoms with Gasteiger partial charge in [0.2, 0.25) is 5.95 Å². The fraction of sp³-hybridized carbons (Fsp3) is 0.125. The van der Waals surface area contributed by atoms with Gasteiger partial charge in [-0.15, -0.1) is 0 Å². The van der Waals surface area contributed by atoms with Crippen molar-refractivity contribution in [3.05, 3.63) is 60.6 Å². The fourth-order valence-corrected chi connectivity index (χ4v) is 2.29. The van der Waals surface area contributed by atoms with E-state index < -0.39 is 0 Å². The lowest BCUT2D eigenvalue weighted by Gasteiger charge is -2.08. The van der Waals surface area contributed by atoms with E-state index in [1.165, 1.54) is 0 Å². The lowest BCUT2D eigenvalue weighted by Crippen LogP contribution is -2.18. The van der Waals surface area contributed by atoms with Crippen LogP contribution >= 0.6 is 0 Å². The largest absolute Gasteiger partial charge is 0.340 e. The quantitative estimate of drug-likeness (QED) is 0.802. The van der Waals surface area contributed by atoms with Crippen LogP contribution in [0.15, 0.2) is 54.9 Å². The number of carbonyl (C=O) groups is 1. The summed E-state index contributed by atoms with van der Waals surface area (Å²) < 4.78 is 3.65. The molecule has 0 unspecified atom stereocenters. The highest BCUT2D eigenvalue weighted by Crippen LogP contribution is 2.21. The van der Waals surface area contributed by atoms with Gasteiger partial charge in [0.15, 0.2) is 0 Å². The Kier molecular flexibility index (Phi) is 3.31. The van der Waals surface area contributed by atoms with Gasteiger partial charge in [-0.3, -0.25) is 10.1 Å². The number of hydrogen-bond donors (Lipinski definition) is 1. The molecule has 0 spiro atoms. The maximum absolute atomic E-state index is 12.3. The number of nitrogens with zero attached hydrogens (tertiary/aromatic N) is 3. The normalized spacial score (nSPS) is 10.6. The van der Waals surface area contributed by atoms with Crippen molar-refractivity contribution in [3.8, 4) is 11.3 Å². The predicted molar refractivity (Wildman–Crippen MR) is 82.0 cm³/mol. The van der Waals surface area contributed by atoms with Crippen LogP contribution in [0.3, 0.4) is 0 Å². The molecule has 0 atom stereocenters. The summed E-state index contributed by atoms with van der Waals surface area (Å²) in [6.07, 6.45) is 3.44. The zero-order chi connectivity index (χ0) is 14.8. The second-order valence-corrected chi connectivity index (χ2v) is 4.84. The molecule has 3 rings (SSSR count). The van der Waals surface area contributed by atoms with Gasteiger partial charge < -0.3 is 9.13 Å². The summed E-state index contributed by atoms with van der Waals surface area (Å²) in [5.74, 6) is 0.358. The van der Waals surface area contributed by atoms with E-state index in [1.54, 1.807) is 17.0 Å². The van der Waals surface area contributed by atoms with Crippen LogP contribution in [0.5, 0.6) is 0 Å². The Morgan fingerprint density at radius 1 is 1.10 bits per heavy atom. The average molecular weight is 280 g/mol. The van der Waals surface area contributed by atoms with Gasteiger partial charge >= 0.3 is 0 Å². The molecular weight excluding hydrogens is 264 g/mol. The van der Waals surface area contributed by atoms with Crippen LogP contribution in [0.25, 0.3) is 11.3 Å². The summed E-state index contributed by atoms with van der Waals surface area (Å²) in [6, 6.07) is 13.8. The summed E-state index contributed by atoms with van der Waals surface area (Å²) in [7, 11) is 3.72. The van der Waals surface area contributed by atoms with Crippen LogP contribution in [0.2, 0.25) is 0 Å². The van der Waals surface area contributed by atoms with E-state index in [2.05, 4.69) is 10.3 Å². The van der Waals surface area contributed by atoms with Crippen molar-refractivity contribution in [2.45, 2.75) is 0 Å². The van der Waals surface area contributed by atoms with Gasteiger partial charge in [-0.25, -0.2) is 4.98 Å². The van der Waals surface area contributed by atoms with E-state index in [0.717, 1.165) is 11.3 Å². The molecule has 0 saturated carbocycles. The Morgan fingerprint density at radius 3 is 2.52 bits per heavy atom. The molecule has 106 valence electrons. The maximum Gasteiger partial charge on any atom is 0.274 e. The molecule has 2 heterocycles. The van der Waals surface area contributed by atoms with Gasteiger partial charge in [-0.05, 0) is 17.7 Å². The molecular formula is C16H16N4O. The topological polar surface area (TPSA) is 51.9 Å².